The number of hydrogen-bond donors (Lipinski definition) is 0. The van der Waals surface area contributed by atoms with Crippen LogP contribution in [0.4, 0.5) is 5.69 Å². The third-order valence-electron chi connectivity index (χ3n) is 4.62. The quantitative estimate of drug-likeness (QED) is 0.640. The lowest BCUT2D eigenvalue weighted by atomic mass is 10.1. The molecule has 0 spiro atoms. The standard InChI is InChI=1S/C21H22N2O4S/c1-22(15-21(24)23(2)18-9-11-19(27-3)12-10-18)28(25,26)20-13-8-16-6-4-5-7-17(16)14-20/h4-14H,15H2,1-3H3. The first-order valence-electron chi connectivity index (χ1n) is 8.68. The fraction of sp³-hybridized carbons (Fsp3) is 0.190. The van der Waals surface area contributed by atoms with Crippen LogP contribution < -0.4 is 9.64 Å². The lowest BCUT2D eigenvalue weighted by Crippen LogP contribution is -2.39. The SMILES string of the molecule is COc1ccc(N(C)C(=O)CN(C)S(=O)(=O)c2ccc3ccccc3c2)cc1. The van der Waals surface area contributed by atoms with Crippen LogP contribution in [-0.4, -0.2) is 46.4 Å². The number of anilines is 1. The van der Waals surface area contributed by atoms with Gasteiger partial charge < -0.3 is 9.64 Å². The molecule has 7 heteroatoms. The molecule has 1 amide bonds. The molecule has 0 saturated heterocycles. The predicted molar refractivity (Wildman–Crippen MR) is 110 cm³/mol. The van der Waals surface area contributed by atoms with Gasteiger partial charge in [-0.05, 0) is 47.2 Å². The van der Waals surface area contributed by atoms with Gasteiger partial charge in [-0.3, -0.25) is 4.79 Å². The van der Waals surface area contributed by atoms with Crippen molar-refractivity contribution in [3.63, 3.8) is 0 Å². The summed E-state index contributed by atoms with van der Waals surface area (Å²) < 4.78 is 32.0. The molecule has 3 aromatic carbocycles. The molecular formula is C21H22N2O4S. The number of sulfonamides is 1. The summed E-state index contributed by atoms with van der Waals surface area (Å²) in [5, 5.41) is 1.79. The average Bonchev–Trinajstić information content (AvgIpc) is 2.72. The van der Waals surface area contributed by atoms with Crippen LogP contribution in [0.15, 0.2) is 71.6 Å². The Hall–Kier alpha value is -2.90. The number of nitrogens with zero attached hydrogens (tertiary/aromatic N) is 2. The first-order valence-corrected chi connectivity index (χ1v) is 10.1. The van der Waals surface area contributed by atoms with Crippen LogP contribution in [-0.2, 0) is 14.8 Å². The molecule has 0 aliphatic carbocycles. The number of methoxy groups -OCH3 is 1. The van der Waals surface area contributed by atoms with Crippen LogP contribution >= 0.6 is 0 Å². The van der Waals surface area contributed by atoms with E-state index in [9.17, 15) is 13.2 Å². The highest BCUT2D eigenvalue weighted by Crippen LogP contribution is 2.22. The second kappa shape index (κ2) is 8.00. The maximum absolute atomic E-state index is 12.9. The summed E-state index contributed by atoms with van der Waals surface area (Å²) in [5.74, 6) is 0.345. The van der Waals surface area contributed by atoms with Gasteiger partial charge in [0.2, 0.25) is 15.9 Å². The average molecular weight is 398 g/mol. The molecule has 0 aliphatic heterocycles. The van der Waals surface area contributed by atoms with Gasteiger partial charge >= 0.3 is 0 Å². The Morgan fingerprint density at radius 2 is 1.57 bits per heavy atom. The summed E-state index contributed by atoms with van der Waals surface area (Å²) in [5.41, 5.74) is 0.655. The van der Waals surface area contributed by atoms with Crippen LogP contribution in [0.3, 0.4) is 0 Å². The van der Waals surface area contributed by atoms with E-state index in [-0.39, 0.29) is 17.3 Å². The van der Waals surface area contributed by atoms with Crippen molar-refractivity contribution >= 4 is 32.4 Å². The van der Waals surface area contributed by atoms with Crippen LogP contribution in [0.25, 0.3) is 10.8 Å². The van der Waals surface area contributed by atoms with E-state index in [0.717, 1.165) is 15.1 Å². The molecule has 0 atom stereocenters. The van der Waals surface area contributed by atoms with Crippen molar-refractivity contribution in [1.82, 2.24) is 4.31 Å². The number of ether oxygens (including phenoxy) is 1. The van der Waals surface area contributed by atoms with E-state index in [2.05, 4.69) is 0 Å². The summed E-state index contributed by atoms with van der Waals surface area (Å²) in [6.45, 7) is -0.266. The van der Waals surface area contributed by atoms with Crippen molar-refractivity contribution < 1.29 is 17.9 Å². The van der Waals surface area contributed by atoms with Crippen molar-refractivity contribution in [2.24, 2.45) is 0 Å². The Labute approximate surface area is 165 Å². The zero-order chi connectivity index (χ0) is 20.3. The molecule has 3 rings (SSSR count). The summed E-state index contributed by atoms with van der Waals surface area (Å²) in [6, 6.07) is 19.5. The fourth-order valence-corrected chi connectivity index (χ4v) is 4.00. The molecule has 0 radical (unpaired) electrons. The fourth-order valence-electron chi connectivity index (χ4n) is 2.84. The number of amides is 1. The first-order chi connectivity index (χ1) is 13.3. The Morgan fingerprint density at radius 3 is 2.21 bits per heavy atom. The minimum Gasteiger partial charge on any atom is -0.497 e. The molecule has 0 aliphatic rings. The molecule has 146 valence electrons. The molecule has 6 nitrogen and oxygen atoms in total. The Bertz CT molecular complexity index is 1090. The van der Waals surface area contributed by atoms with Crippen molar-refractivity contribution in [3.8, 4) is 5.75 Å². The normalized spacial score (nSPS) is 11.6. The molecule has 0 heterocycles. The van der Waals surface area contributed by atoms with E-state index in [1.54, 1.807) is 56.6 Å². The van der Waals surface area contributed by atoms with Crippen molar-refractivity contribution in [3.05, 3.63) is 66.7 Å². The summed E-state index contributed by atoms with van der Waals surface area (Å²) >= 11 is 0. The highest BCUT2D eigenvalue weighted by molar-refractivity contribution is 7.89. The Morgan fingerprint density at radius 1 is 0.929 bits per heavy atom. The van der Waals surface area contributed by atoms with E-state index in [1.165, 1.54) is 11.9 Å². The van der Waals surface area contributed by atoms with Gasteiger partial charge in [-0.25, -0.2) is 8.42 Å². The maximum Gasteiger partial charge on any atom is 0.243 e. The zero-order valence-electron chi connectivity index (χ0n) is 16.0. The molecular weight excluding hydrogens is 376 g/mol. The number of hydrogen-bond acceptors (Lipinski definition) is 4. The minimum atomic E-state index is -3.79. The number of carbonyl (C=O) groups is 1. The van der Waals surface area contributed by atoms with Gasteiger partial charge in [-0.15, -0.1) is 0 Å². The second-order valence-corrected chi connectivity index (χ2v) is 8.47. The number of rotatable bonds is 6. The van der Waals surface area contributed by atoms with Crippen molar-refractivity contribution in [1.29, 1.82) is 0 Å². The molecule has 0 saturated carbocycles. The third kappa shape index (κ3) is 4.00. The summed E-state index contributed by atoms with van der Waals surface area (Å²) in [6.07, 6.45) is 0. The van der Waals surface area contributed by atoms with Crippen LogP contribution in [0.2, 0.25) is 0 Å². The van der Waals surface area contributed by atoms with Crippen molar-refractivity contribution in [2.75, 3.05) is 32.6 Å². The molecule has 0 bridgehead atoms. The van der Waals surface area contributed by atoms with Crippen LogP contribution in [0.5, 0.6) is 5.75 Å². The van der Waals surface area contributed by atoms with Gasteiger partial charge in [0.15, 0.2) is 0 Å². The molecule has 0 aromatic heterocycles. The van der Waals surface area contributed by atoms with Gasteiger partial charge in [0.05, 0.1) is 18.6 Å². The molecule has 0 fully saturated rings. The maximum atomic E-state index is 12.9. The second-order valence-electron chi connectivity index (χ2n) is 6.42. The number of likely N-dealkylation sites (N-methyl/N-ethyl adjacent to an activating group) is 2. The first kappa shape index (κ1) is 19.9. The van der Waals surface area contributed by atoms with E-state index >= 15 is 0 Å². The Balaban J connectivity index is 1.77. The van der Waals surface area contributed by atoms with Gasteiger partial charge in [-0.1, -0.05) is 30.3 Å². The highest BCUT2D eigenvalue weighted by atomic mass is 32.2. The summed E-state index contributed by atoms with van der Waals surface area (Å²) in [4.78, 5) is 14.2. The summed E-state index contributed by atoms with van der Waals surface area (Å²) in [7, 11) is 0.799. The van der Waals surface area contributed by atoms with Gasteiger partial charge in [0.25, 0.3) is 0 Å². The zero-order valence-corrected chi connectivity index (χ0v) is 16.8. The molecule has 3 aromatic rings. The van der Waals surface area contributed by atoms with Crippen LogP contribution in [0.1, 0.15) is 0 Å². The van der Waals surface area contributed by atoms with E-state index < -0.39 is 10.0 Å². The van der Waals surface area contributed by atoms with Crippen LogP contribution in [0, 0.1) is 0 Å². The topological polar surface area (TPSA) is 66.9 Å². The smallest absolute Gasteiger partial charge is 0.243 e. The molecule has 0 N–H and O–H groups in total. The highest BCUT2D eigenvalue weighted by Gasteiger charge is 2.25. The van der Waals surface area contributed by atoms with Gasteiger partial charge in [0, 0.05) is 19.8 Å². The van der Waals surface area contributed by atoms with E-state index in [4.69, 9.17) is 4.74 Å². The Kier molecular flexibility index (Phi) is 5.67. The van der Waals surface area contributed by atoms with E-state index in [0.29, 0.717) is 11.4 Å². The molecule has 28 heavy (non-hydrogen) atoms. The van der Waals surface area contributed by atoms with E-state index in [1.807, 2.05) is 24.3 Å². The number of carbonyl (C=O) groups excluding carboxylic acids is 1. The predicted octanol–water partition coefficient (Wildman–Crippen LogP) is 3.13. The number of fused-ring (bicyclic) bond motifs is 1. The number of benzene rings is 3. The third-order valence-corrected chi connectivity index (χ3v) is 6.42. The minimum absolute atomic E-state index is 0.161. The van der Waals surface area contributed by atoms with Gasteiger partial charge in [-0.2, -0.15) is 4.31 Å². The largest absolute Gasteiger partial charge is 0.497 e. The lowest BCUT2D eigenvalue weighted by Gasteiger charge is -2.22. The van der Waals surface area contributed by atoms with Gasteiger partial charge in [0.1, 0.15) is 5.75 Å². The van der Waals surface area contributed by atoms with Crippen molar-refractivity contribution in [2.45, 2.75) is 4.90 Å². The lowest BCUT2D eigenvalue weighted by molar-refractivity contribution is -0.118. The molecule has 0 unspecified atom stereocenters. The monoisotopic (exact) mass is 398 g/mol.